The van der Waals surface area contributed by atoms with E-state index in [1.807, 2.05) is 55.5 Å². The number of hydrogen-bond acceptors (Lipinski definition) is 3. The van der Waals surface area contributed by atoms with Crippen molar-refractivity contribution in [1.29, 1.82) is 0 Å². The molecule has 1 aromatic heterocycles. The second-order valence-electron chi connectivity index (χ2n) is 5.91. The zero-order valence-electron chi connectivity index (χ0n) is 13.8. The average Bonchev–Trinajstić information content (AvgIpc) is 2.98. The number of benzene rings is 1. The van der Waals surface area contributed by atoms with E-state index in [9.17, 15) is 9.59 Å². The van der Waals surface area contributed by atoms with E-state index in [-0.39, 0.29) is 24.2 Å². The number of pyridine rings is 1. The molecule has 0 N–H and O–H groups in total. The number of carbonyl (C=O) groups excluding carboxylic acids is 2. The molecule has 5 heteroatoms. The molecule has 24 heavy (non-hydrogen) atoms. The molecular weight excluding hydrogens is 302 g/mol. The van der Waals surface area contributed by atoms with Crippen LogP contribution < -0.4 is 4.90 Å². The van der Waals surface area contributed by atoms with Crippen LogP contribution in [0.1, 0.15) is 19.0 Å². The predicted molar refractivity (Wildman–Crippen MR) is 92.2 cm³/mol. The Labute approximate surface area is 141 Å². The lowest BCUT2D eigenvalue weighted by Gasteiger charge is -2.24. The highest BCUT2D eigenvalue weighted by Gasteiger charge is 2.36. The fourth-order valence-corrected chi connectivity index (χ4v) is 3.07. The van der Waals surface area contributed by atoms with Crippen LogP contribution in [0.4, 0.5) is 5.69 Å². The largest absolute Gasteiger partial charge is 0.336 e. The van der Waals surface area contributed by atoms with Gasteiger partial charge in [-0.05, 0) is 31.2 Å². The van der Waals surface area contributed by atoms with Crippen LogP contribution in [-0.4, -0.2) is 34.8 Å². The quantitative estimate of drug-likeness (QED) is 0.849. The first kappa shape index (κ1) is 16.2. The first-order valence-electron chi connectivity index (χ1n) is 8.23. The molecule has 1 saturated heterocycles. The van der Waals surface area contributed by atoms with E-state index in [0.717, 1.165) is 11.4 Å². The summed E-state index contributed by atoms with van der Waals surface area (Å²) in [5.74, 6) is -0.259. The highest BCUT2D eigenvalue weighted by atomic mass is 16.2. The fraction of sp³-hybridized carbons (Fsp3) is 0.316. The number of para-hydroxylation sites is 1. The van der Waals surface area contributed by atoms with Crippen molar-refractivity contribution in [2.24, 2.45) is 5.92 Å². The zero-order chi connectivity index (χ0) is 16.9. The Morgan fingerprint density at radius 3 is 2.62 bits per heavy atom. The van der Waals surface area contributed by atoms with Crippen molar-refractivity contribution in [2.45, 2.75) is 19.9 Å². The Morgan fingerprint density at radius 2 is 1.96 bits per heavy atom. The third-order valence-electron chi connectivity index (χ3n) is 4.29. The molecule has 1 fully saturated rings. The highest BCUT2D eigenvalue weighted by Crippen LogP contribution is 2.24. The minimum absolute atomic E-state index is 0.0144. The SMILES string of the molecule is CCN(C(=O)[C@@H]1CC(=O)N(Cc2ccccn2)C1)c1ccccc1. The Bertz CT molecular complexity index is 703. The van der Waals surface area contributed by atoms with Gasteiger partial charge in [0.05, 0.1) is 18.2 Å². The maximum Gasteiger partial charge on any atom is 0.232 e. The van der Waals surface area contributed by atoms with E-state index in [1.165, 1.54) is 0 Å². The maximum absolute atomic E-state index is 12.9. The van der Waals surface area contributed by atoms with Crippen molar-refractivity contribution in [3.05, 3.63) is 60.4 Å². The second-order valence-corrected chi connectivity index (χ2v) is 5.91. The van der Waals surface area contributed by atoms with Gasteiger partial charge in [-0.15, -0.1) is 0 Å². The molecule has 1 atom stereocenters. The zero-order valence-corrected chi connectivity index (χ0v) is 13.8. The first-order chi connectivity index (χ1) is 11.7. The van der Waals surface area contributed by atoms with Crippen LogP contribution in [0.3, 0.4) is 0 Å². The Balaban J connectivity index is 1.69. The summed E-state index contributed by atoms with van der Waals surface area (Å²) >= 11 is 0. The molecule has 1 aromatic carbocycles. The smallest absolute Gasteiger partial charge is 0.232 e. The summed E-state index contributed by atoms with van der Waals surface area (Å²) in [6.45, 7) is 3.46. The molecule has 124 valence electrons. The third-order valence-corrected chi connectivity index (χ3v) is 4.29. The van der Waals surface area contributed by atoms with Crippen molar-refractivity contribution < 1.29 is 9.59 Å². The van der Waals surface area contributed by atoms with Crippen LogP contribution in [0.15, 0.2) is 54.7 Å². The van der Waals surface area contributed by atoms with E-state index in [2.05, 4.69) is 4.98 Å². The number of rotatable bonds is 5. The number of anilines is 1. The summed E-state index contributed by atoms with van der Waals surface area (Å²) in [5, 5.41) is 0. The average molecular weight is 323 g/mol. The summed E-state index contributed by atoms with van der Waals surface area (Å²) in [6, 6.07) is 15.2. The van der Waals surface area contributed by atoms with Crippen molar-refractivity contribution in [2.75, 3.05) is 18.0 Å². The van der Waals surface area contributed by atoms with E-state index in [1.54, 1.807) is 16.0 Å². The minimum atomic E-state index is -0.290. The van der Waals surface area contributed by atoms with Crippen molar-refractivity contribution in [3.8, 4) is 0 Å². The van der Waals surface area contributed by atoms with Crippen LogP contribution in [0.5, 0.6) is 0 Å². The Hall–Kier alpha value is -2.69. The van der Waals surface area contributed by atoms with Gasteiger partial charge in [-0.2, -0.15) is 0 Å². The van der Waals surface area contributed by atoms with Gasteiger partial charge < -0.3 is 9.80 Å². The second kappa shape index (κ2) is 7.25. The Morgan fingerprint density at radius 1 is 1.21 bits per heavy atom. The van der Waals surface area contributed by atoms with Gasteiger partial charge in [-0.1, -0.05) is 24.3 Å². The summed E-state index contributed by atoms with van der Waals surface area (Å²) in [4.78, 5) is 32.9. The third kappa shape index (κ3) is 3.45. The van der Waals surface area contributed by atoms with Gasteiger partial charge in [0, 0.05) is 31.4 Å². The van der Waals surface area contributed by atoms with Crippen LogP contribution in [0, 0.1) is 5.92 Å². The van der Waals surface area contributed by atoms with Crippen LogP contribution in [0.25, 0.3) is 0 Å². The first-order valence-corrected chi connectivity index (χ1v) is 8.23. The summed E-state index contributed by atoms with van der Waals surface area (Å²) in [7, 11) is 0. The molecule has 5 nitrogen and oxygen atoms in total. The molecule has 0 unspecified atom stereocenters. The molecule has 0 spiro atoms. The molecule has 0 bridgehead atoms. The molecule has 2 amide bonds. The maximum atomic E-state index is 12.9. The molecular formula is C19H21N3O2. The summed E-state index contributed by atoms with van der Waals surface area (Å²) in [6.07, 6.45) is 1.99. The van der Waals surface area contributed by atoms with Gasteiger partial charge >= 0.3 is 0 Å². The number of amides is 2. The summed E-state index contributed by atoms with van der Waals surface area (Å²) in [5.41, 5.74) is 1.72. The van der Waals surface area contributed by atoms with Gasteiger partial charge in [0.25, 0.3) is 0 Å². The lowest BCUT2D eigenvalue weighted by atomic mass is 10.1. The molecule has 3 rings (SSSR count). The molecule has 2 heterocycles. The van der Waals surface area contributed by atoms with Gasteiger partial charge in [0.15, 0.2) is 0 Å². The van der Waals surface area contributed by atoms with Crippen molar-refractivity contribution in [3.63, 3.8) is 0 Å². The number of likely N-dealkylation sites (tertiary alicyclic amines) is 1. The van der Waals surface area contributed by atoms with Crippen LogP contribution in [-0.2, 0) is 16.1 Å². The van der Waals surface area contributed by atoms with Gasteiger partial charge in [-0.25, -0.2) is 0 Å². The van der Waals surface area contributed by atoms with Crippen LogP contribution >= 0.6 is 0 Å². The minimum Gasteiger partial charge on any atom is -0.336 e. The number of nitrogens with zero attached hydrogens (tertiary/aromatic N) is 3. The van der Waals surface area contributed by atoms with E-state index >= 15 is 0 Å². The normalized spacial score (nSPS) is 17.1. The lowest BCUT2D eigenvalue weighted by Crippen LogP contribution is -2.37. The van der Waals surface area contributed by atoms with E-state index in [4.69, 9.17) is 0 Å². The molecule has 0 saturated carbocycles. The Kier molecular flexibility index (Phi) is 4.89. The number of hydrogen-bond donors (Lipinski definition) is 0. The van der Waals surface area contributed by atoms with E-state index < -0.39 is 0 Å². The molecule has 2 aromatic rings. The highest BCUT2D eigenvalue weighted by molar-refractivity contribution is 5.98. The molecule has 1 aliphatic heterocycles. The van der Waals surface area contributed by atoms with Gasteiger partial charge in [0.2, 0.25) is 11.8 Å². The van der Waals surface area contributed by atoms with Gasteiger partial charge in [0.1, 0.15) is 0 Å². The molecule has 0 radical (unpaired) electrons. The number of aromatic nitrogens is 1. The van der Waals surface area contributed by atoms with E-state index in [0.29, 0.717) is 19.6 Å². The summed E-state index contributed by atoms with van der Waals surface area (Å²) < 4.78 is 0. The van der Waals surface area contributed by atoms with Gasteiger partial charge in [-0.3, -0.25) is 14.6 Å². The monoisotopic (exact) mass is 323 g/mol. The molecule has 1 aliphatic rings. The molecule has 0 aliphatic carbocycles. The standard InChI is InChI=1S/C19H21N3O2/c1-2-22(17-9-4-3-5-10-17)19(24)15-12-18(23)21(13-15)14-16-8-6-7-11-20-16/h3-11,15H,2,12-14H2,1H3/t15-/m1/s1. The van der Waals surface area contributed by atoms with Crippen LogP contribution in [0.2, 0.25) is 0 Å². The van der Waals surface area contributed by atoms with Crippen molar-refractivity contribution >= 4 is 17.5 Å². The number of carbonyl (C=O) groups is 2. The fourth-order valence-electron chi connectivity index (χ4n) is 3.07. The van der Waals surface area contributed by atoms with Crippen molar-refractivity contribution in [1.82, 2.24) is 9.88 Å². The lowest BCUT2D eigenvalue weighted by molar-refractivity contribution is -0.129. The topological polar surface area (TPSA) is 53.5 Å². The predicted octanol–water partition coefficient (Wildman–Crippen LogP) is 2.48.